The fraction of sp³-hybridized carbons (Fsp3) is 0.588. The number of hydrogen-bond acceptors (Lipinski definition) is 3. The third kappa shape index (κ3) is 3.40. The molecule has 0 spiro atoms. The van der Waals surface area contributed by atoms with Crippen LogP contribution in [0.25, 0.3) is 0 Å². The Morgan fingerprint density at radius 2 is 1.90 bits per heavy atom. The highest BCUT2D eigenvalue weighted by atomic mass is 16.5. The summed E-state index contributed by atoms with van der Waals surface area (Å²) in [6, 6.07) is 7.87. The van der Waals surface area contributed by atoms with Crippen LogP contribution in [0.5, 0.6) is 5.75 Å². The van der Waals surface area contributed by atoms with Gasteiger partial charge in [0.1, 0.15) is 11.5 Å². The number of benzene rings is 1. The molecule has 0 aliphatic heterocycles. The SMILES string of the molecule is COc1ccc(COC2CCCCC(=O)C2(C)C)cc1. The van der Waals surface area contributed by atoms with Crippen molar-refractivity contribution < 1.29 is 14.3 Å². The molecule has 1 unspecified atom stereocenters. The molecule has 3 heteroatoms. The summed E-state index contributed by atoms with van der Waals surface area (Å²) in [5.74, 6) is 1.17. The highest BCUT2D eigenvalue weighted by Crippen LogP contribution is 2.34. The Kier molecular flexibility index (Phi) is 4.81. The van der Waals surface area contributed by atoms with Crippen LogP contribution in [0.1, 0.15) is 45.1 Å². The summed E-state index contributed by atoms with van der Waals surface area (Å²) in [6.45, 7) is 4.57. The maximum absolute atomic E-state index is 12.1. The Hall–Kier alpha value is -1.35. The highest BCUT2D eigenvalue weighted by molar-refractivity contribution is 5.84. The van der Waals surface area contributed by atoms with Crippen LogP contribution in [0.15, 0.2) is 24.3 Å². The molecule has 1 aliphatic rings. The number of ether oxygens (including phenoxy) is 2. The van der Waals surface area contributed by atoms with E-state index in [2.05, 4.69) is 0 Å². The van der Waals surface area contributed by atoms with Gasteiger partial charge >= 0.3 is 0 Å². The van der Waals surface area contributed by atoms with E-state index in [1.807, 2.05) is 38.1 Å². The van der Waals surface area contributed by atoms with E-state index >= 15 is 0 Å². The van der Waals surface area contributed by atoms with Crippen molar-refractivity contribution in [3.05, 3.63) is 29.8 Å². The first-order valence-electron chi connectivity index (χ1n) is 7.32. The molecular formula is C17H24O3. The van der Waals surface area contributed by atoms with Crippen molar-refractivity contribution in [1.82, 2.24) is 0 Å². The number of hydrogen-bond donors (Lipinski definition) is 0. The zero-order valence-electron chi connectivity index (χ0n) is 12.6. The largest absolute Gasteiger partial charge is 0.497 e. The van der Waals surface area contributed by atoms with Crippen molar-refractivity contribution in [1.29, 1.82) is 0 Å². The molecule has 0 heterocycles. The average Bonchev–Trinajstić information content (AvgIpc) is 2.57. The quantitative estimate of drug-likeness (QED) is 0.786. The number of carbonyl (C=O) groups is 1. The van der Waals surface area contributed by atoms with Crippen LogP contribution in [0, 0.1) is 5.41 Å². The fourth-order valence-electron chi connectivity index (χ4n) is 2.69. The van der Waals surface area contributed by atoms with E-state index in [0.29, 0.717) is 18.8 Å². The van der Waals surface area contributed by atoms with Gasteiger partial charge in [-0.05, 0) is 30.5 Å². The van der Waals surface area contributed by atoms with Gasteiger partial charge in [0.05, 0.1) is 19.8 Å². The Morgan fingerprint density at radius 1 is 1.20 bits per heavy atom. The molecule has 0 radical (unpaired) electrons. The van der Waals surface area contributed by atoms with Gasteiger partial charge in [-0.15, -0.1) is 0 Å². The van der Waals surface area contributed by atoms with E-state index < -0.39 is 0 Å². The maximum atomic E-state index is 12.1. The first-order chi connectivity index (χ1) is 9.54. The molecule has 1 aliphatic carbocycles. The molecule has 110 valence electrons. The van der Waals surface area contributed by atoms with Crippen LogP contribution >= 0.6 is 0 Å². The predicted octanol–water partition coefficient (Wildman–Crippen LogP) is 3.75. The zero-order chi connectivity index (χ0) is 14.6. The van der Waals surface area contributed by atoms with Gasteiger partial charge in [0.2, 0.25) is 0 Å². The molecule has 0 aromatic heterocycles. The molecule has 1 fully saturated rings. The predicted molar refractivity (Wildman–Crippen MR) is 78.8 cm³/mol. The number of methoxy groups -OCH3 is 1. The molecule has 1 atom stereocenters. The Morgan fingerprint density at radius 3 is 2.55 bits per heavy atom. The molecular weight excluding hydrogens is 252 g/mol. The summed E-state index contributed by atoms with van der Waals surface area (Å²) in [5.41, 5.74) is 0.737. The van der Waals surface area contributed by atoms with Gasteiger partial charge in [-0.25, -0.2) is 0 Å². The van der Waals surface area contributed by atoms with Gasteiger partial charge in [-0.2, -0.15) is 0 Å². The van der Waals surface area contributed by atoms with Crippen molar-refractivity contribution in [3.8, 4) is 5.75 Å². The van der Waals surface area contributed by atoms with Crippen molar-refractivity contribution >= 4 is 5.78 Å². The van der Waals surface area contributed by atoms with Gasteiger partial charge < -0.3 is 9.47 Å². The summed E-state index contributed by atoms with van der Waals surface area (Å²) in [4.78, 5) is 12.1. The zero-order valence-corrected chi connectivity index (χ0v) is 12.6. The van der Waals surface area contributed by atoms with Gasteiger partial charge in [-0.3, -0.25) is 4.79 Å². The molecule has 1 aromatic carbocycles. The van der Waals surface area contributed by atoms with Gasteiger partial charge in [0, 0.05) is 11.8 Å². The van der Waals surface area contributed by atoms with E-state index in [9.17, 15) is 4.79 Å². The topological polar surface area (TPSA) is 35.5 Å². The molecule has 0 bridgehead atoms. The minimum absolute atomic E-state index is 0.0135. The Bertz CT molecular complexity index is 448. The molecule has 0 amide bonds. The van der Waals surface area contributed by atoms with Crippen molar-refractivity contribution in [2.24, 2.45) is 5.41 Å². The molecule has 2 rings (SSSR count). The van der Waals surface area contributed by atoms with E-state index in [4.69, 9.17) is 9.47 Å². The first-order valence-corrected chi connectivity index (χ1v) is 7.32. The van der Waals surface area contributed by atoms with E-state index in [1.54, 1.807) is 7.11 Å². The lowest BCUT2D eigenvalue weighted by atomic mass is 9.81. The lowest BCUT2D eigenvalue weighted by molar-refractivity contribution is -0.136. The smallest absolute Gasteiger partial charge is 0.141 e. The average molecular weight is 276 g/mol. The van der Waals surface area contributed by atoms with Crippen molar-refractivity contribution in [2.75, 3.05) is 7.11 Å². The number of rotatable bonds is 4. The summed E-state index contributed by atoms with van der Waals surface area (Å²) < 4.78 is 11.2. The van der Waals surface area contributed by atoms with E-state index in [-0.39, 0.29) is 11.5 Å². The number of Topliss-reactive ketones (excluding diaryl/α,β-unsaturated/α-hetero) is 1. The molecule has 3 nitrogen and oxygen atoms in total. The van der Waals surface area contributed by atoms with Crippen LogP contribution in [0.3, 0.4) is 0 Å². The second-order valence-corrected chi connectivity index (χ2v) is 6.04. The van der Waals surface area contributed by atoms with Crippen molar-refractivity contribution in [2.45, 2.75) is 52.2 Å². The summed E-state index contributed by atoms with van der Waals surface area (Å²) in [7, 11) is 1.66. The van der Waals surface area contributed by atoms with Crippen LogP contribution in [0.4, 0.5) is 0 Å². The number of carbonyl (C=O) groups excluding carboxylic acids is 1. The second-order valence-electron chi connectivity index (χ2n) is 6.04. The van der Waals surface area contributed by atoms with Crippen molar-refractivity contribution in [3.63, 3.8) is 0 Å². The highest BCUT2D eigenvalue weighted by Gasteiger charge is 2.38. The third-order valence-electron chi connectivity index (χ3n) is 4.25. The van der Waals surface area contributed by atoms with Crippen LogP contribution in [0.2, 0.25) is 0 Å². The Labute approximate surface area is 121 Å². The number of ketones is 1. The maximum Gasteiger partial charge on any atom is 0.141 e. The molecule has 0 saturated heterocycles. The lowest BCUT2D eigenvalue weighted by Gasteiger charge is -2.31. The van der Waals surface area contributed by atoms with Crippen LogP contribution < -0.4 is 4.74 Å². The van der Waals surface area contributed by atoms with Gasteiger partial charge in [0.15, 0.2) is 0 Å². The monoisotopic (exact) mass is 276 g/mol. The van der Waals surface area contributed by atoms with E-state index in [1.165, 1.54) is 0 Å². The third-order valence-corrected chi connectivity index (χ3v) is 4.25. The normalized spacial score (nSPS) is 22.4. The lowest BCUT2D eigenvalue weighted by Crippen LogP contribution is -2.37. The first kappa shape index (κ1) is 15.0. The molecule has 0 N–H and O–H groups in total. The van der Waals surface area contributed by atoms with Gasteiger partial charge in [-0.1, -0.05) is 32.4 Å². The van der Waals surface area contributed by atoms with Crippen LogP contribution in [-0.2, 0) is 16.1 Å². The van der Waals surface area contributed by atoms with E-state index in [0.717, 1.165) is 30.6 Å². The summed E-state index contributed by atoms with van der Waals surface area (Å²) in [6.07, 6.45) is 3.73. The second kappa shape index (κ2) is 6.40. The molecule has 1 saturated carbocycles. The summed E-state index contributed by atoms with van der Waals surface area (Å²) in [5, 5.41) is 0. The standard InChI is InChI=1S/C17H24O3/c1-17(2)15(18)6-4-5-7-16(17)20-12-13-8-10-14(19-3)11-9-13/h8-11,16H,4-7,12H2,1-3H3. The van der Waals surface area contributed by atoms with Gasteiger partial charge in [0.25, 0.3) is 0 Å². The molecule has 1 aromatic rings. The minimum atomic E-state index is -0.372. The minimum Gasteiger partial charge on any atom is -0.497 e. The molecule has 20 heavy (non-hydrogen) atoms. The fourth-order valence-corrected chi connectivity index (χ4v) is 2.69. The Balaban J connectivity index is 1.98. The van der Waals surface area contributed by atoms with Crippen LogP contribution in [-0.4, -0.2) is 19.0 Å². The summed E-state index contributed by atoms with van der Waals surface area (Å²) >= 11 is 0.